The maximum Gasteiger partial charge on any atom is 0.315 e. The lowest BCUT2D eigenvalue weighted by molar-refractivity contribution is -0.0947. The Hall–Kier alpha value is -1.79. The molecule has 0 saturated carbocycles. The highest BCUT2D eigenvalue weighted by molar-refractivity contribution is 5.74. The van der Waals surface area contributed by atoms with Crippen LogP contribution in [0.25, 0.3) is 0 Å². The molecule has 6 nitrogen and oxygen atoms in total. The number of ether oxygens (including phenoxy) is 2. The zero-order chi connectivity index (χ0) is 18.4. The summed E-state index contributed by atoms with van der Waals surface area (Å²) in [4.78, 5) is 14.5. The van der Waals surface area contributed by atoms with Crippen molar-refractivity contribution < 1.29 is 14.3 Å². The molecule has 2 atom stereocenters. The zero-order valence-corrected chi connectivity index (χ0v) is 16.0. The van der Waals surface area contributed by atoms with Gasteiger partial charge in [0.1, 0.15) is 5.75 Å². The highest BCUT2D eigenvalue weighted by Crippen LogP contribution is 2.20. The van der Waals surface area contributed by atoms with Crippen LogP contribution in [0.1, 0.15) is 33.3 Å². The van der Waals surface area contributed by atoms with Crippen molar-refractivity contribution in [1.82, 2.24) is 15.5 Å². The van der Waals surface area contributed by atoms with E-state index in [1.807, 2.05) is 24.3 Å². The maximum atomic E-state index is 12.2. The fraction of sp³-hybridized carbons (Fsp3) is 0.632. The Bertz CT molecular complexity index is 567. The molecule has 1 aliphatic rings. The third-order valence-corrected chi connectivity index (χ3v) is 4.59. The van der Waals surface area contributed by atoms with Crippen LogP contribution in [0.4, 0.5) is 4.79 Å². The number of hydrogen-bond acceptors (Lipinski definition) is 4. The number of carbonyl (C=O) groups excluding carboxylic acids is 1. The molecule has 0 aliphatic carbocycles. The average molecular weight is 349 g/mol. The third kappa shape index (κ3) is 5.61. The number of methoxy groups -OCH3 is 1. The van der Waals surface area contributed by atoms with Gasteiger partial charge < -0.3 is 20.1 Å². The molecule has 0 unspecified atom stereocenters. The van der Waals surface area contributed by atoms with Crippen molar-refractivity contribution in [3.05, 3.63) is 29.8 Å². The molecule has 140 valence electrons. The second-order valence-electron chi connectivity index (χ2n) is 7.32. The Morgan fingerprint density at radius 3 is 2.52 bits per heavy atom. The normalized spacial score (nSPS) is 21.6. The summed E-state index contributed by atoms with van der Waals surface area (Å²) in [5.41, 5.74) is 0.823. The van der Waals surface area contributed by atoms with E-state index in [9.17, 15) is 4.79 Å². The number of morpholine rings is 1. The molecule has 2 amide bonds. The van der Waals surface area contributed by atoms with Crippen molar-refractivity contribution in [3.63, 3.8) is 0 Å². The van der Waals surface area contributed by atoms with Crippen LogP contribution in [0.3, 0.4) is 0 Å². The number of rotatable bonds is 6. The van der Waals surface area contributed by atoms with Gasteiger partial charge in [-0.2, -0.15) is 0 Å². The molecule has 2 rings (SSSR count). The summed E-state index contributed by atoms with van der Waals surface area (Å²) < 4.78 is 11.1. The number of nitrogens with zero attached hydrogens (tertiary/aromatic N) is 1. The van der Waals surface area contributed by atoms with E-state index in [0.717, 1.165) is 24.4 Å². The van der Waals surface area contributed by atoms with E-state index in [1.54, 1.807) is 7.11 Å². The molecule has 0 bridgehead atoms. The second kappa shape index (κ2) is 8.54. The van der Waals surface area contributed by atoms with E-state index in [4.69, 9.17) is 9.47 Å². The first-order valence-corrected chi connectivity index (χ1v) is 8.86. The summed E-state index contributed by atoms with van der Waals surface area (Å²) in [6.07, 6.45) is 0.421. The molecule has 2 N–H and O–H groups in total. The topological polar surface area (TPSA) is 62.8 Å². The van der Waals surface area contributed by atoms with E-state index >= 15 is 0 Å². The fourth-order valence-corrected chi connectivity index (χ4v) is 3.17. The lowest BCUT2D eigenvalue weighted by Crippen LogP contribution is -2.59. The van der Waals surface area contributed by atoms with Gasteiger partial charge in [-0.15, -0.1) is 0 Å². The van der Waals surface area contributed by atoms with E-state index in [2.05, 4.69) is 43.2 Å². The van der Waals surface area contributed by atoms with Gasteiger partial charge in [0.25, 0.3) is 0 Å². The van der Waals surface area contributed by atoms with Gasteiger partial charge in [-0.1, -0.05) is 18.2 Å². The molecule has 1 aliphatic heterocycles. The summed E-state index contributed by atoms with van der Waals surface area (Å²) in [6.45, 7) is 11.2. The number of amides is 2. The smallest absolute Gasteiger partial charge is 0.315 e. The SMILES string of the molecule is COc1ccccc1CNC(=O)NCC(C)(C)N1C[C@H](C)O[C@@H](C)C1. The van der Waals surface area contributed by atoms with Crippen molar-refractivity contribution in [2.45, 2.75) is 52.0 Å². The minimum absolute atomic E-state index is 0.131. The Balaban J connectivity index is 1.82. The summed E-state index contributed by atoms with van der Waals surface area (Å²) in [5.74, 6) is 0.777. The molecular weight excluding hydrogens is 318 g/mol. The molecule has 1 fully saturated rings. The van der Waals surface area contributed by atoms with Crippen LogP contribution in [0, 0.1) is 0 Å². The zero-order valence-electron chi connectivity index (χ0n) is 16.0. The first-order valence-electron chi connectivity index (χ1n) is 8.86. The molecule has 0 aromatic heterocycles. The predicted octanol–water partition coefficient (Wildman–Crippen LogP) is 2.38. The Kier molecular flexibility index (Phi) is 6.67. The highest BCUT2D eigenvalue weighted by atomic mass is 16.5. The highest BCUT2D eigenvalue weighted by Gasteiger charge is 2.33. The first kappa shape index (κ1) is 19.5. The standard InChI is InChI=1S/C19H31N3O3/c1-14-11-22(12-15(2)25-14)19(3,4)13-21-18(23)20-10-16-8-6-7-9-17(16)24-5/h6-9,14-15H,10-13H2,1-5H3,(H2,20,21,23)/t14-,15-/m0/s1. The van der Waals surface area contributed by atoms with E-state index in [0.29, 0.717) is 13.1 Å². The minimum Gasteiger partial charge on any atom is -0.496 e. The van der Waals surface area contributed by atoms with Crippen molar-refractivity contribution >= 4 is 6.03 Å². The molecular formula is C19H31N3O3. The van der Waals surface area contributed by atoms with Crippen LogP contribution in [0.5, 0.6) is 5.75 Å². The van der Waals surface area contributed by atoms with Gasteiger partial charge in [0.15, 0.2) is 0 Å². The molecule has 25 heavy (non-hydrogen) atoms. The van der Waals surface area contributed by atoms with E-state index < -0.39 is 0 Å². The maximum absolute atomic E-state index is 12.2. The summed E-state index contributed by atoms with van der Waals surface area (Å²) >= 11 is 0. The molecule has 1 saturated heterocycles. The second-order valence-corrected chi connectivity index (χ2v) is 7.32. The summed E-state index contributed by atoms with van der Waals surface area (Å²) in [7, 11) is 1.63. The number of para-hydroxylation sites is 1. The van der Waals surface area contributed by atoms with Crippen LogP contribution in [-0.2, 0) is 11.3 Å². The number of nitrogens with one attached hydrogen (secondary N) is 2. The average Bonchev–Trinajstić information content (AvgIpc) is 2.57. The molecule has 0 spiro atoms. The van der Waals surface area contributed by atoms with Crippen molar-refractivity contribution in [3.8, 4) is 5.75 Å². The monoisotopic (exact) mass is 349 g/mol. The first-order chi connectivity index (χ1) is 11.8. The summed E-state index contributed by atoms with van der Waals surface area (Å²) in [5, 5.41) is 5.88. The fourth-order valence-electron chi connectivity index (χ4n) is 3.17. The molecule has 1 aromatic carbocycles. The van der Waals surface area contributed by atoms with Crippen LogP contribution in [0.15, 0.2) is 24.3 Å². The molecule has 6 heteroatoms. The lowest BCUT2D eigenvalue weighted by Gasteiger charge is -2.45. The minimum atomic E-state index is -0.173. The molecule has 1 heterocycles. The van der Waals surface area contributed by atoms with Crippen molar-refractivity contribution in [1.29, 1.82) is 0 Å². The van der Waals surface area contributed by atoms with Crippen LogP contribution in [-0.4, -0.2) is 55.4 Å². The summed E-state index contributed by atoms with van der Waals surface area (Å²) in [6, 6.07) is 7.50. The Morgan fingerprint density at radius 1 is 1.24 bits per heavy atom. The van der Waals surface area contributed by atoms with Gasteiger partial charge in [-0.3, -0.25) is 4.90 Å². The van der Waals surface area contributed by atoms with Crippen LogP contribution >= 0.6 is 0 Å². The van der Waals surface area contributed by atoms with Crippen LogP contribution in [0.2, 0.25) is 0 Å². The quantitative estimate of drug-likeness (QED) is 0.828. The van der Waals surface area contributed by atoms with Gasteiger partial charge in [-0.05, 0) is 33.8 Å². The Morgan fingerprint density at radius 2 is 1.88 bits per heavy atom. The van der Waals surface area contributed by atoms with Gasteiger partial charge in [0.2, 0.25) is 0 Å². The van der Waals surface area contributed by atoms with Gasteiger partial charge in [-0.25, -0.2) is 4.79 Å². The largest absolute Gasteiger partial charge is 0.496 e. The van der Waals surface area contributed by atoms with Gasteiger partial charge in [0, 0.05) is 37.3 Å². The van der Waals surface area contributed by atoms with Crippen molar-refractivity contribution in [2.24, 2.45) is 0 Å². The third-order valence-electron chi connectivity index (χ3n) is 4.59. The van der Waals surface area contributed by atoms with Gasteiger partial charge >= 0.3 is 6.03 Å². The Labute approximate surface area is 150 Å². The van der Waals surface area contributed by atoms with Gasteiger partial charge in [0.05, 0.1) is 19.3 Å². The number of carbonyl (C=O) groups is 1. The number of hydrogen-bond donors (Lipinski definition) is 2. The number of urea groups is 1. The van der Waals surface area contributed by atoms with E-state index in [1.165, 1.54) is 0 Å². The van der Waals surface area contributed by atoms with E-state index in [-0.39, 0.29) is 23.8 Å². The van der Waals surface area contributed by atoms with Crippen molar-refractivity contribution in [2.75, 3.05) is 26.7 Å². The molecule has 0 radical (unpaired) electrons. The lowest BCUT2D eigenvalue weighted by atomic mass is 10.00. The van der Waals surface area contributed by atoms with Crippen LogP contribution < -0.4 is 15.4 Å². The predicted molar refractivity (Wildman–Crippen MR) is 98.9 cm³/mol. The molecule has 1 aromatic rings. The number of benzene rings is 1.